The highest BCUT2D eigenvalue weighted by Crippen LogP contribution is 2.40. The van der Waals surface area contributed by atoms with Gasteiger partial charge in [0.25, 0.3) is 0 Å². The summed E-state index contributed by atoms with van der Waals surface area (Å²) in [5.41, 5.74) is 8.93. The van der Waals surface area contributed by atoms with Gasteiger partial charge in [-0.05, 0) is 109 Å². The van der Waals surface area contributed by atoms with Crippen LogP contribution in [-0.4, -0.2) is 88.7 Å². The molecule has 0 aliphatic carbocycles. The van der Waals surface area contributed by atoms with Crippen LogP contribution >= 0.6 is 0 Å². The highest BCUT2D eigenvalue weighted by atomic mass is 19.1. The minimum atomic E-state index is -0.494. The molecule has 18 heteroatoms. The number of nitrogens with zero attached hydrogens (tertiary/aromatic N) is 9. The zero-order valence-corrected chi connectivity index (χ0v) is 47.6. The van der Waals surface area contributed by atoms with E-state index >= 15 is 0 Å². The molecule has 0 atom stereocenters. The Morgan fingerprint density at radius 1 is 0.488 bits per heavy atom. The zero-order chi connectivity index (χ0) is 58.6. The van der Waals surface area contributed by atoms with Crippen LogP contribution in [0.4, 0.5) is 13.2 Å². The van der Waals surface area contributed by atoms with Crippen molar-refractivity contribution in [1.29, 1.82) is 0 Å². The van der Waals surface area contributed by atoms with E-state index in [1.165, 1.54) is 62.0 Å². The highest BCUT2D eigenvalue weighted by molar-refractivity contribution is 5.87. The summed E-state index contributed by atoms with van der Waals surface area (Å²) in [5.74, 6) is 1.02. The van der Waals surface area contributed by atoms with E-state index in [9.17, 15) is 33.4 Å². The van der Waals surface area contributed by atoms with Crippen molar-refractivity contribution in [1.82, 2.24) is 38.6 Å². The molecule has 6 heterocycles. The van der Waals surface area contributed by atoms with E-state index in [4.69, 9.17) is 19.7 Å². The fraction of sp³-hybridized carbons (Fsp3) is 0.234. The Kier molecular flexibility index (Phi) is 20.5. The highest BCUT2D eigenvalue weighted by Gasteiger charge is 2.30. The second kappa shape index (κ2) is 27.0. The minimum absolute atomic E-state index is 0. The zero-order valence-electron chi connectivity index (χ0n) is 47.6. The maximum Gasteiger partial charge on any atom is 0.331 e. The summed E-state index contributed by atoms with van der Waals surface area (Å²) in [5, 5.41) is 28.1. The Morgan fingerprint density at radius 3 is 1.11 bits per heavy atom. The van der Waals surface area contributed by atoms with Crippen LogP contribution in [0.15, 0.2) is 165 Å². The number of aliphatic hydroxyl groups is 2. The standard InChI is InChI=1S/C22H23FN3O3.2C21H22FN3O.B/c1-22(2,3)21-24-19(15-9-12-25(28)13-10-15)20(16-5-7-17(23)8-6-16)26(21)14-11-18(27)29-4;1-21(2,3)20-24-18(15-9-11-23-12-10-15)19(25(20)13-4-14-26)16-5-7-17(22)8-6-16;1-21(2,3)20-24-18(15-5-7-17(22)8-6-15)19(25(20)13-4-14-26)16-9-11-23-12-10-16;/h5-14,28H,1-4H3;2*4-13,26H,14H2,1-3H3;/q+1;;;/b14-11+;2*13-4+;. The Bertz CT molecular complexity index is 3620. The Balaban J connectivity index is 0.000000197. The SMILES string of the molecule is CC(C)(C)c1nc(-c2ccc(F)cc2)c(-c2ccncc2)n1/C=C/CO.CC(C)(C)c1nc(-c2ccncc2)c(-c2ccc(F)cc2)n1/C=C/CO.COC(=O)/C=C/n1c(C(C)(C)C)nc(-c2cc[n+](O)cc2)c1-c1ccc(F)cc1.[B]. The predicted octanol–water partition coefficient (Wildman–Crippen LogP) is 12.5. The van der Waals surface area contributed by atoms with Crippen LogP contribution in [0.1, 0.15) is 79.8 Å². The summed E-state index contributed by atoms with van der Waals surface area (Å²) in [7, 11) is 1.31. The summed E-state index contributed by atoms with van der Waals surface area (Å²) in [6, 6.07) is 29.9. The molecule has 14 nitrogen and oxygen atoms in total. The molecular formula is C64H67BF3N9O5+. The number of imidazole rings is 3. The first-order valence-corrected chi connectivity index (χ1v) is 26.0. The van der Waals surface area contributed by atoms with Crippen molar-refractivity contribution in [2.24, 2.45) is 0 Å². The Hall–Kier alpha value is -9.00. The van der Waals surface area contributed by atoms with Crippen molar-refractivity contribution in [2.45, 2.75) is 78.6 Å². The van der Waals surface area contributed by atoms with Crippen LogP contribution in [0.3, 0.4) is 0 Å². The molecule has 0 aliphatic rings. The summed E-state index contributed by atoms with van der Waals surface area (Å²) in [6.45, 7) is 18.4. The number of halogens is 3. The van der Waals surface area contributed by atoms with Gasteiger partial charge in [0.05, 0.1) is 54.5 Å². The van der Waals surface area contributed by atoms with Crippen molar-refractivity contribution in [2.75, 3.05) is 20.3 Å². The average Bonchev–Trinajstić information content (AvgIpc) is 2.96. The fourth-order valence-electron chi connectivity index (χ4n) is 8.68. The van der Waals surface area contributed by atoms with Crippen LogP contribution in [0.25, 0.3) is 86.1 Å². The lowest BCUT2D eigenvalue weighted by atomic mass is 9.95. The summed E-state index contributed by atoms with van der Waals surface area (Å²) in [6.07, 6.45) is 19.8. The number of hydrogen-bond acceptors (Lipinski definition) is 10. The van der Waals surface area contributed by atoms with Crippen LogP contribution in [0, 0.1) is 17.5 Å². The lowest BCUT2D eigenvalue weighted by Gasteiger charge is -2.19. The van der Waals surface area contributed by atoms with Crippen LogP contribution in [0.2, 0.25) is 0 Å². The molecule has 0 aliphatic heterocycles. The number of carbonyl (C=O) groups is 1. The molecule has 3 N–H and O–H groups in total. The van der Waals surface area contributed by atoms with E-state index in [2.05, 4.69) is 51.5 Å². The first kappa shape index (κ1) is 62.2. The molecule has 0 bridgehead atoms. The topological polar surface area (TPSA) is 170 Å². The first-order chi connectivity index (χ1) is 38.5. The van der Waals surface area contributed by atoms with E-state index in [0.29, 0.717) is 17.2 Å². The normalized spacial score (nSPS) is 11.8. The van der Waals surface area contributed by atoms with E-state index in [1.54, 1.807) is 91.7 Å². The number of methoxy groups -OCH3 is 1. The molecule has 0 fully saturated rings. The average molecular weight is 1110 g/mol. The van der Waals surface area contributed by atoms with E-state index < -0.39 is 5.97 Å². The third kappa shape index (κ3) is 15.1. The molecule has 0 amide bonds. The van der Waals surface area contributed by atoms with Gasteiger partial charge in [0.1, 0.15) is 34.9 Å². The van der Waals surface area contributed by atoms with Gasteiger partial charge in [0, 0.05) is 124 Å². The van der Waals surface area contributed by atoms with Gasteiger partial charge in [0.2, 0.25) is 12.4 Å². The minimum Gasteiger partial charge on any atom is -0.466 e. The number of aliphatic hydroxyl groups excluding tert-OH is 2. The lowest BCUT2D eigenvalue weighted by Crippen LogP contribution is -2.27. The molecule has 0 saturated carbocycles. The third-order valence-electron chi connectivity index (χ3n) is 12.4. The smallest absolute Gasteiger partial charge is 0.331 e. The van der Waals surface area contributed by atoms with Gasteiger partial charge < -0.3 is 28.7 Å². The lowest BCUT2D eigenvalue weighted by molar-refractivity contribution is -0.904. The van der Waals surface area contributed by atoms with Crippen molar-refractivity contribution in [3.63, 3.8) is 0 Å². The first-order valence-electron chi connectivity index (χ1n) is 26.0. The molecule has 82 heavy (non-hydrogen) atoms. The number of benzene rings is 3. The van der Waals surface area contributed by atoms with Gasteiger partial charge in [-0.3, -0.25) is 15.2 Å². The maximum absolute atomic E-state index is 13.5. The van der Waals surface area contributed by atoms with Crippen LogP contribution in [0.5, 0.6) is 0 Å². The Morgan fingerprint density at radius 2 is 0.780 bits per heavy atom. The molecule has 3 radical (unpaired) electrons. The predicted molar refractivity (Wildman–Crippen MR) is 316 cm³/mol. The second-order valence-corrected chi connectivity index (χ2v) is 21.7. The van der Waals surface area contributed by atoms with Gasteiger partial charge in [-0.25, -0.2) is 32.9 Å². The van der Waals surface area contributed by atoms with Crippen molar-refractivity contribution in [3.8, 4) is 67.5 Å². The molecule has 0 unspecified atom stereocenters. The molecule has 421 valence electrons. The molecule has 3 aromatic carbocycles. The number of aromatic nitrogens is 9. The summed E-state index contributed by atoms with van der Waals surface area (Å²) >= 11 is 0. The van der Waals surface area contributed by atoms with Gasteiger partial charge >= 0.3 is 5.97 Å². The van der Waals surface area contributed by atoms with Crippen molar-refractivity contribution < 1.29 is 42.9 Å². The summed E-state index contributed by atoms with van der Waals surface area (Å²) < 4.78 is 51.8. The molecule has 0 saturated heterocycles. The number of ether oxygens (including phenoxy) is 1. The van der Waals surface area contributed by atoms with Crippen LogP contribution in [-0.2, 0) is 25.8 Å². The number of rotatable bonds is 12. The van der Waals surface area contributed by atoms with Gasteiger partial charge in [-0.2, -0.15) is 0 Å². The van der Waals surface area contributed by atoms with Gasteiger partial charge in [0.15, 0.2) is 0 Å². The molecule has 0 spiro atoms. The maximum atomic E-state index is 13.5. The van der Waals surface area contributed by atoms with E-state index in [0.717, 1.165) is 72.5 Å². The van der Waals surface area contributed by atoms with E-state index in [-0.39, 0.29) is 55.3 Å². The molecule has 9 rings (SSSR count). The monoisotopic (exact) mass is 1110 g/mol. The third-order valence-corrected chi connectivity index (χ3v) is 12.4. The summed E-state index contributed by atoms with van der Waals surface area (Å²) in [4.78, 5) is 34.6. The quantitative estimate of drug-likeness (QED) is 0.0352. The number of carbonyl (C=O) groups excluding carboxylic acids is 1. The molecular weight excluding hydrogens is 1040 g/mol. The number of esters is 1. The van der Waals surface area contributed by atoms with Crippen molar-refractivity contribution >= 4 is 33.0 Å². The number of hydrogen-bond donors (Lipinski definition) is 3. The Labute approximate surface area is 478 Å². The van der Waals surface area contributed by atoms with E-state index in [1.807, 2.05) is 71.1 Å². The fourth-order valence-corrected chi connectivity index (χ4v) is 8.68. The van der Waals surface area contributed by atoms with Gasteiger partial charge in [-0.1, -0.05) is 62.3 Å². The molecule has 9 aromatic rings. The van der Waals surface area contributed by atoms with Gasteiger partial charge in [-0.15, -0.1) is 0 Å². The largest absolute Gasteiger partial charge is 0.466 e. The number of pyridine rings is 3. The van der Waals surface area contributed by atoms with Crippen molar-refractivity contribution in [3.05, 3.63) is 200 Å². The second-order valence-electron chi connectivity index (χ2n) is 21.7. The molecule has 6 aromatic heterocycles. The van der Waals surface area contributed by atoms with Crippen LogP contribution < -0.4 is 4.73 Å².